The highest BCUT2D eigenvalue weighted by Gasteiger charge is 2.49. The number of aliphatic carboxylic acids is 1. The van der Waals surface area contributed by atoms with E-state index in [1.54, 1.807) is 0 Å². The van der Waals surface area contributed by atoms with E-state index in [9.17, 15) is 19.2 Å². The fourth-order valence-corrected chi connectivity index (χ4v) is 3.64. The van der Waals surface area contributed by atoms with Crippen LogP contribution in [0.5, 0.6) is 0 Å². The van der Waals surface area contributed by atoms with E-state index in [-0.39, 0.29) is 32.3 Å². The molecule has 2 rings (SSSR count). The summed E-state index contributed by atoms with van der Waals surface area (Å²) in [5.41, 5.74) is 5.09. The fourth-order valence-electron chi connectivity index (χ4n) is 3.64. The maximum absolute atomic E-state index is 12.1. The Hall–Kier alpha value is -2.56. The van der Waals surface area contributed by atoms with E-state index in [4.69, 9.17) is 15.6 Å². The molecule has 0 aromatic heterocycles. The van der Waals surface area contributed by atoms with Gasteiger partial charge in [-0.05, 0) is 37.0 Å². The highest BCUT2D eigenvalue weighted by Crippen LogP contribution is 2.52. The number of carboxylic acids is 1. The maximum atomic E-state index is 12.1. The lowest BCUT2D eigenvalue weighted by atomic mass is 10.0. The number of nitrogens with two attached hydrogens (primary N) is 1. The Morgan fingerprint density at radius 3 is 2.26 bits per heavy atom. The average molecular weight is 378 g/mol. The first-order valence-electron chi connectivity index (χ1n) is 9.30. The number of Topliss-reactive ketones (excluding diaryl/α,β-unsaturated/α-hetero) is 1. The zero-order valence-corrected chi connectivity index (χ0v) is 15.2. The van der Waals surface area contributed by atoms with Crippen LogP contribution in [0.1, 0.15) is 51.4 Å². The minimum absolute atomic E-state index is 0.0227. The summed E-state index contributed by atoms with van der Waals surface area (Å²) in [6.07, 6.45) is 2.41. The van der Waals surface area contributed by atoms with Gasteiger partial charge in [-0.2, -0.15) is 0 Å². The van der Waals surface area contributed by atoms with Crippen molar-refractivity contribution in [3.63, 3.8) is 0 Å². The van der Waals surface area contributed by atoms with Crippen LogP contribution in [0.4, 0.5) is 4.79 Å². The van der Waals surface area contributed by atoms with Gasteiger partial charge >= 0.3 is 12.1 Å². The summed E-state index contributed by atoms with van der Waals surface area (Å²) in [6.45, 7) is 0.285. The van der Waals surface area contributed by atoms with Crippen LogP contribution >= 0.6 is 0 Å². The number of fused-ring (bicyclic) bond motifs is 1. The van der Waals surface area contributed by atoms with E-state index in [1.165, 1.54) is 0 Å². The molecular formula is C19H26N2O6. The van der Waals surface area contributed by atoms with Crippen LogP contribution in [-0.4, -0.2) is 41.5 Å². The number of carbonyl (C=O) groups is 4. The van der Waals surface area contributed by atoms with Gasteiger partial charge in [-0.15, -0.1) is 11.8 Å². The number of ketones is 1. The Morgan fingerprint density at radius 1 is 1.07 bits per heavy atom. The van der Waals surface area contributed by atoms with Crippen molar-refractivity contribution >= 4 is 23.8 Å². The minimum atomic E-state index is -1.10. The molecule has 0 saturated heterocycles. The van der Waals surface area contributed by atoms with Crippen LogP contribution in [0.25, 0.3) is 0 Å². The summed E-state index contributed by atoms with van der Waals surface area (Å²) >= 11 is 0. The molecule has 0 radical (unpaired) electrons. The predicted molar refractivity (Wildman–Crippen MR) is 95.3 cm³/mol. The van der Waals surface area contributed by atoms with Gasteiger partial charge in [0.1, 0.15) is 0 Å². The van der Waals surface area contributed by atoms with Crippen molar-refractivity contribution < 1.29 is 29.0 Å². The van der Waals surface area contributed by atoms with Crippen molar-refractivity contribution in [2.45, 2.75) is 57.4 Å². The number of amides is 2. The lowest BCUT2D eigenvalue weighted by molar-refractivity contribution is -0.138. The molecule has 0 aromatic carbocycles. The normalized spacial score (nSPS) is 24.1. The van der Waals surface area contributed by atoms with E-state index in [0.717, 1.165) is 25.7 Å². The second-order valence-electron chi connectivity index (χ2n) is 7.08. The molecule has 27 heavy (non-hydrogen) atoms. The van der Waals surface area contributed by atoms with Gasteiger partial charge < -0.3 is 20.9 Å². The molecule has 1 fully saturated rings. The van der Waals surface area contributed by atoms with Crippen molar-refractivity contribution in [3.05, 3.63) is 0 Å². The van der Waals surface area contributed by atoms with Crippen molar-refractivity contribution in [1.29, 1.82) is 0 Å². The topological polar surface area (TPSA) is 136 Å². The monoisotopic (exact) mass is 378 g/mol. The zero-order chi connectivity index (χ0) is 19.8. The van der Waals surface area contributed by atoms with Crippen molar-refractivity contribution in [2.24, 2.45) is 23.5 Å². The third-order valence-corrected chi connectivity index (χ3v) is 5.19. The summed E-state index contributed by atoms with van der Waals surface area (Å²) in [7, 11) is 0. The first-order chi connectivity index (χ1) is 12.9. The van der Waals surface area contributed by atoms with E-state index in [1.807, 2.05) is 0 Å². The second-order valence-corrected chi connectivity index (χ2v) is 7.08. The number of primary amides is 1. The number of carbonyl (C=O) groups excluding carboxylic acids is 3. The Morgan fingerprint density at radius 2 is 1.70 bits per heavy atom. The molecule has 148 valence electrons. The first-order valence-corrected chi connectivity index (χ1v) is 9.30. The van der Waals surface area contributed by atoms with Gasteiger partial charge in [-0.25, -0.2) is 4.79 Å². The smallest absolute Gasteiger partial charge is 0.407 e. The first kappa shape index (κ1) is 20.7. The van der Waals surface area contributed by atoms with Crippen LogP contribution in [0.3, 0.4) is 0 Å². The largest absolute Gasteiger partial charge is 0.481 e. The van der Waals surface area contributed by atoms with Crippen molar-refractivity contribution in [1.82, 2.24) is 5.32 Å². The van der Waals surface area contributed by atoms with Crippen LogP contribution in [-0.2, 0) is 19.1 Å². The number of nitrogens with one attached hydrogen (secondary N) is 1. The summed E-state index contributed by atoms with van der Waals surface area (Å²) in [5, 5.41) is 11.1. The summed E-state index contributed by atoms with van der Waals surface area (Å²) in [4.78, 5) is 45.8. The van der Waals surface area contributed by atoms with E-state index in [0.29, 0.717) is 17.8 Å². The van der Waals surface area contributed by atoms with Gasteiger partial charge in [0.15, 0.2) is 5.78 Å². The highest BCUT2D eigenvalue weighted by molar-refractivity contribution is 5.89. The Balaban J connectivity index is 1.79. The van der Waals surface area contributed by atoms with Gasteiger partial charge in [-0.1, -0.05) is 0 Å². The summed E-state index contributed by atoms with van der Waals surface area (Å²) in [6, 6.07) is -0.981. The maximum Gasteiger partial charge on any atom is 0.407 e. The summed E-state index contributed by atoms with van der Waals surface area (Å²) < 4.78 is 5.28. The number of rotatable bonds is 10. The lowest BCUT2D eigenvalue weighted by Gasteiger charge is -2.17. The van der Waals surface area contributed by atoms with Gasteiger partial charge in [0.05, 0.1) is 19.1 Å². The molecule has 0 spiro atoms. The molecule has 1 unspecified atom stereocenters. The number of carboxylic acid groups (broad SMARTS) is 1. The highest BCUT2D eigenvalue weighted by atomic mass is 16.5. The number of ether oxygens (including phenoxy) is 1. The van der Waals surface area contributed by atoms with Gasteiger partial charge in [0.25, 0.3) is 0 Å². The molecule has 2 amide bonds. The standard InChI is InChI=1S/C19H26N2O6/c20-17(23)9-7-15(16(22)8-10-18(24)25)21-19(26)27-11-14-12-5-3-1-2-4-6-13(12)14/h12-15H,3-11H2,(H2,20,23)(H,21,26)(H,24,25)/t12-,13+,14?,15-/m0/s1. The molecule has 1 saturated carbocycles. The van der Waals surface area contributed by atoms with Gasteiger partial charge in [0, 0.05) is 25.7 Å². The number of hydrogen-bond acceptors (Lipinski definition) is 5. The third-order valence-electron chi connectivity index (χ3n) is 5.19. The third kappa shape index (κ3) is 6.93. The quantitative estimate of drug-likeness (QED) is 0.489. The Bertz CT molecular complexity index is 632. The van der Waals surface area contributed by atoms with E-state index < -0.39 is 29.8 Å². The molecule has 4 atom stereocenters. The van der Waals surface area contributed by atoms with Crippen LogP contribution in [0.2, 0.25) is 0 Å². The summed E-state index contributed by atoms with van der Waals surface area (Å²) in [5.74, 6) is 5.48. The molecule has 2 aliphatic carbocycles. The van der Waals surface area contributed by atoms with E-state index in [2.05, 4.69) is 17.2 Å². The molecule has 0 heterocycles. The molecule has 4 N–H and O–H groups in total. The molecule has 8 nitrogen and oxygen atoms in total. The van der Waals surface area contributed by atoms with Gasteiger partial charge in [0.2, 0.25) is 5.91 Å². The zero-order valence-electron chi connectivity index (χ0n) is 15.2. The Kier molecular flexibility index (Phi) is 7.65. The molecule has 2 aliphatic rings. The van der Waals surface area contributed by atoms with Crippen LogP contribution in [0.15, 0.2) is 0 Å². The molecule has 0 bridgehead atoms. The second kappa shape index (κ2) is 9.95. The minimum Gasteiger partial charge on any atom is -0.481 e. The molecular weight excluding hydrogens is 352 g/mol. The van der Waals surface area contributed by atoms with Gasteiger partial charge in [-0.3, -0.25) is 14.4 Å². The molecule has 8 heteroatoms. The van der Waals surface area contributed by atoms with Crippen LogP contribution < -0.4 is 11.1 Å². The lowest BCUT2D eigenvalue weighted by Crippen LogP contribution is -2.42. The predicted octanol–water partition coefficient (Wildman–Crippen LogP) is 1.22. The van der Waals surface area contributed by atoms with Crippen molar-refractivity contribution in [3.8, 4) is 11.8 Å². The van der Waals surface area contributed by atoms with Crippen molar-refractivity contribution in [2.75, 3.05) is 6.61 Å². The van der Waals surface area contributed by atoms with Crippen LogP contribution in [0, 0.1) is 29.6 Å². The number of alkyl carbamates (subject to hydrolysis) is 1. The molecule has 0 aliphatic heterocycles. The van der Waals surface area contributed by atoms with E-state index >= 15 is 0 Å². The average Bonchev–Trinajstić information content (AvgIpc) is 3.23. The molecule has 0 aromatic rings. The number of hydrogen-bond donors (Lipinski definition) is 3. The SMILES string of the molecule is NC(=O)CC[C@H](NC(=O)OCC1[C@H]2CCC#CCC[C@@H]12)C(=O)CCC(=O)O. The fraction of sp³-hybridized carbons (Fsp3) is 0.684. The Labute approximate surface area is 158 Å².